The fraction of sp³-hybridized carbons (Fsp3) is 0.500. The van der Waals surface area contributed by atoms with Gasteiger partial charge < -0.3 is 10.2 Å². The van der Waals surface area contributed by atoms with E-state index in [4.69, 9.17) is 0 Å². The third-order valence-corrected chi connectivity index (χ3v) is 5.83. The zero-order valence-electron chi connectivity index (χ0n) is 13.3. The molecule has 0 bridgehead atoms. The molecule has 2 heterocycles. The molecule has 1 aliphatic rings. The molecule has 1 fully saturated rings. The van der Waals surface area contributed by atoms with E-state index in [1.54, 1.807) is 6.92 Å². The summed E-state index contributed by atoms with van der Waals surface area (Å²) in [4.78, 5) is 13.6. The van der Waals surface area contributed by atoms with E-state index in [9.17, 15) is 4.79 Å². The number of piperidine rings is 1. The lowest BCUT2D eigenvalue weighted by atomic mass is 9.89. The van der Waals surface area contributed by atoms with Crippen LogP contribution >= 0.6 is 11.3 Å². The van der Waals surface area contributed by atoms with Crippen molar-refractivity contribution in [1.82, 2.24) is 10.2 Å². The second kappa shape index (κ2) is 6.80. The summed E-state index contributed by atoms with van der Waals surface area (Å²) >= 11 is 1.82. The van der Waals surface area contributed by atoms with Crippen molar-refractivity contribution >= 4 is 27.3 Å². The van der Waals surface area contributed by atoms with Gasteiger partial charge in [0.1, 0.15) is 0 Å². The topological polar surface area (TPSA) is 32.3 Å². The number of hydrogen-bond acceptors (Lipinski definition) is 3. The Balaban J connectivity index is 1.64. The first kappa shape index (κ1) is 15.5. The van der Waals surface area contributed by atoms with E-state index in [1.165, 1.54) is 15.6 Å². The van der Waals surface area contributed by atoms with Crippen molar-refractivity contribution in [2.75, 3.05) is 13.1 Å². The van der Waals surface area contributed by atoms with Crippen molar-refractivity contribution in [3.63, 3.8) is 0 Å². The van der Waals surface area contributed by atoms with Crippen LogP contribution in [0.1, 0.15) is 32.3 Å². The van der Waals surface area contributed by atoms with Crippen LogP contribution in [0.5, 0.6) is 0 Å². The molecule has 1 aromatic carbocycles. The average Bonchev–Trinajstić information content (AvgIpc) is 2.96. The number of carbonyl (C=O) groups excluding carboxylic acids is 1. The second-order valence-electron chi connectivity index (χ2n) is 6.17. The highest BCUT2D eigenvalue weighted by Crippen LogP contribution is 2.26. The van der Waals surface area contributed by atoms with Crippen LogP contribution in [-0.2, 0) is 11.3 Å². The van der Waals surface area contributed by atoms with Crippen LogP contribution in [0.3, 0.4) is 0 Å². The number of thiophene rings is 1. The van der Waals surface area contributed by atoms with E-state index < -0.39 is 0 Å². The molecule has 0 spiro atoms. The first-order valence-corrected chi connectivity index (χ1v) is 9.01. The van der Waals surface area contributed by atoms with Crippen molar-refractivity contribution in [1.29, 1.82) is 0 Å². The lowest BCUT2D eigenvalue weighted by molar-refractivity contribution is -0.131. The number of benzene rings is 1. The van der Waals surface area contributed by atoms with Gasteiger partial charge in [-0.05, 0) is 34.7 Å². The molecule has 3 nitrogen and oxygen atoms in total. The monoisotopic (exact) mass is 316 g/mol. The van der Waals surface area contributed by atoms with Crippen LogP contribution in [0.4, 0.5) is 0 Å². The Hall–Kier alpha value is -1.39. The Morgan fingerprint density at radius 1 is 1.41 bits per heavy atom. The summed E-state index contributed by atoms with van der Waals surface area (Å²) in [5.41, 5.74) is 1.39. The SMILES string of the molecule is CC[C@H]1CN(C(C)=O)CC[C@H]1NCc1csc2ccccc12. The molecule has 0 unspecified atom stereocenters. The maximum Gasteiger partial charge on any atom is 0.219 e. The smallest absolute Gasteiger partial charge is 0.219 e. The molecule has 2 aromatic rings. The molecule has 1 saturated heterocycles. The number of nitrogens with zero attached hydrogens (tertiary/aromatic N) is 1. The maximum absolute atomic E-state index is 11.6. The third-order valence-electron chi connectivity index (χ3n) is 4.82. The van der Waals surface area contributed by atoms with E-state index in [0.717, 1.165) is 32.5 Å². The van der Waals surface area contributed by atoms with E-state index >= 15 is 0 Å². The van der Waals surface area contributed by atoms with Crippen molar-refractivity contribution in [3.05, 3.63) is 35.2 Å². The summed E-state index contributed by atoms with van der Waals surface area (Å²) in [5, 5.41) is 7.38. The number of rotatable bonds is 4. The summed E-state index contributed by atoms with van der Waals surface area (Å²) in [6.45, 7) is 6.61. The zero-order chi connectivity index (χ0) is 15.5. The molecular weight excluding hydrogens is 292 g/mol. The van der Waals surface area contributed by atoms with Gasteiger partial charge in [-0.15, -0.1) is 11.3 Å². The fourth-order valence-electron chi connectivity index (χ4n) is 3.41. The van der Waals surface area contributed by atoms with Gasteiger partial charge in [-0.2, -0.15) is 0 Å². The normalized spacial score (nSPS) is 22.2. The predicted octanol–water partition coefficient (Wildman–Crippen LogP) is 3.64. The van der Waals surface area contributed by atoms with Gasteiger partial charge >= 0.3 is 0 Å². The number of hydrogen-bond donors (Lipinski definition) is 1. The molecule has 118 valence electrons. The molecule has 0 radical (unpaired) electrons. The fourth-order valence-corrected chi connectivity index (χ4v) is 4.37. The molecule has 3 rings (SSSR count). The van der Waals surface area contributed by atoms with Gasteiger partial charge in [-0.1, -0.05) is 31.5 Å². The molecule has 1 N–H and O–H groups in total. The van der Waals surface area contributed by atoms with Gasteiger partial charge in [0.15, 0.2) is 0 Å². The molecule has 0 aliphatic carbocycles. The Morgan fingerprint density at radius 3 is 3.00 bits per heavy atom. The Kier molecular flexibility index (Phi) is 4.79. The summed E-state index contributed by atoms with van der Waals surface area (Å²) < 4.78 is 1.36. The van der Waals surface area contributed by atoms with Gasteiger partial charge in [-0.25, -0.2) is 0 Å². The van der Waals surface area contributed by atoms with E-state index in [2.05, 4.69) is 41.9 Å². The van der Waals surface area contributed by atoms with E-state index in [1.807, 2.05) is 16.2 Å². The number of amides is 1. The van der Waals surface area contributed by atoms with Crippen LogP contribution in [0.15, 0.2) is 29.6 Å². The second-order valence-corrected chi connectivity index (χ2v) is 7.08. The van der Waals surface area contributed by atoms with Crippen LogP contribution in [-0.4, -0.2) is 29.9 Å². The minimum atomic E-state index is 0.209. The molecule has 22 heavy (non-hydrogen) atoms. The molecule has 1 aliphatic heterocycles. The van der Waals surface area contributed by atoms with Gasteiger partial charge in [-0.3, -0.25) is 4.79 Å². The minimum absolute atomic E-state index is 0.209. The van der Waals surface area contributed by atoms with Crippen molar-refractivity contribution in [3.8, 4) is 0 Å². The predicted molar refractivity (Wildman–Crippen MR) is 93.1 cm³/mol. The quantitative estimate of drug-likeness (QED) is 0.934. The molecule has 0 saturated carbocycles. The number of carbonyl (C=O) groups is 1. The zero-order valence-corrected chi connectivity index (χ0v) is 14.2. The lowest BCUT2D eigenvalue weighted by Crippen LogP contribution is -2.50. The maximum atomic E-state index is 11.6. The Morgan fingerprint density at radius 2 is 2.23 bits per heavy atom. The van der Waals surface area contributed by atoms with Gasteiger partial charge in [0.25, 0.3) is 0 Å². The van der Waals surface area contributed by atoms with Crippen LogP contribution in [0, 0.1) is 5.92 Å². The van der Waals surface area contributed by atoms with Crippen LogP contribution in [0.25, 0.3) is 10.1 Å². The van der Waals surface area contributed by atoms with Gasteiger partial charge in [0.2, 0.25) is 5.91 Å². The molecule has 4 heteroatoms. The average molecular weight is 316 g/mol. The standard InChI is InChI=1S/C18H24N2OS/c1-3-14-11-20(13(2)21)9-8-17(14)19-10-15-12-22-18-7-5-4-6-16(15)18/h4-7,12,14,17,19H,3,8-11H2,1-2H3/t14-,17+/m0/s1. The third kappa shape index (κ3) is 3.18. The Labute approximate surface area is 136 Å². The summed E-state index contributed by atoms with van der Waals surface area (Å²) in [6.07, 6.45) is 2.17. The first-order chi connectivity index (χ1) is 10.7. The van der Waals surface area contributed by atoms with Crippen molar-refractivity contribution < 1.29 is 4.79 Å². The van der Waals surface area contributed by atoms with Gasteiger partial charge in [0, 0.05) is 37.3 Å². The van der Waals surface area contributed by atoms with Crippen LogP contribution in [0.2, 0.25) is 0 Å². The Bertz CT molecular complexity index is 651. The summed E-state index contributed by atoms with van der Waals surface area (Å²) in [5.74, 6) is 0.767. The van der Waals surface area contributed by atoms with Crippen molar-refractivity contribution in [2.24, 2.45) is 5.92 Å². The van der Waals surface area contributed by atoms with E-state index in [0.29, 0.717) is 12.0 Å². The molecule has 1 amide bonds. The van der Waals surface area contributed by atoms with Crippen LogP contribution < -0.4 is 5.32 Å². The van der Waals surface area contributed by atoms with E-state index in [-0.39, 0.29) is 5.91 Å². The summed E-state index contributed by atoms with van der Waals surface area (Å²) in [6, 6.07) is 9.11. The minimum Gasteiger partial charge on any atom is -0.343 e. The molecular formula is C18H24N2OS. The highest BCUT2D eigenvalue weighted by molar-refractivity contribution is 7.17. The number of likely N-dealkylation sites (tertiary alicyclic amines) is 1. The van der Waals surface area contributed by atoms with Gasteiger partial charge in [0.05, 0.1) is 0 Å². The highest BCUT2D eigenvalue weighted by Gasteiger charge is 2.28. The largest absolute Gasteiger partial charge is 0.343 e. The lowest BCUT2D eigenvalue weighted by Gasteiger charge is -2.38. The molecule has 2 atom stereocenters. The number of nitrogens with one attached hydrogen (secondary N) is 1. The summed E-state index contributed by atoms with van der Waals surface area (Å²) in [7, 11) is 0. The molecule has 1 aromatic heterocycles. The highest BCUT2D eigenvalue weighted by atomic mass is 32.1. The number of fused-ring (bicyclic) bond motifs is 1. The van der Waals surface area contributed by atoms with Crippen molar-refractivity contribution in [2.45, 2.75) is 39.3 Å². The first-order valence-electron chi connectivity index (χ1n) is 8.13.